The van der Waals surface area contributed by atoms with Gasteiger partial charge in [-0.1, -0.05) is 42.0 Å². The van der Waals surface area contributed by atoms with Gasteiger partial charge in [-0.3, -0.25) is 4.79 Å². The number of aromatic hydroxyl groups is 1. The molecule has 0 fully saturated rings. The summed E-state index contributed by atoms with van der Waals surface area (Å²) in [4.78, 5) is 12.3. The number of allylic oxidation sites excluding steroid dienone is 1. The van der Waals surface area contributed by atoms with E-state index in [1.165, 1.54) is 0 Å². The highest BCUT2D eigenvalue weighted by Gasteiger charge is 2.13. The second kappa shape index (κ2) is 6.94. The Balaban J connectivity index is 2.20. The van der Waals surface area contributed by atoms with Gasteiger partial charge in [0, 0.05) is 11.3 Å². The molecular weight excluding hydrogens is 274 g/mol. The number of hydrogen-bond donors (Lipinski definition) is 2. The summed E-state index contributed by atoms with van der Waals surface area (Å²) in [6.07, 6.45) is 0.230. The van der Waals surface area contributed by atoms with E-state index in [4.69, 9.17) is 0 Å². The number of benzene rings is 2. The standard InChI is InChI=1S/C19H21NO2/c1-13(2)16(15-9-5-7-11-18(15)21)12-19(22)20-17-10-6-4-8-14(17)3/h4-11,21H,12H2,1-3H3,(H,20,22). The summed E-state index contributed by atoms with van der Waals surface area (Å²) >= 11 is 0. The Kier molecular flexibility index (Phi) is 4.99. The lowest BCUT2D eigenvalue weighted by Gasteiger charge is -2.13. The molecule has 114 valence electrons. The van der Waals surface area contributed by atoms with Gasteiger partial charge in [-0.2, -0.15) is 0 Å². The number of para-hydroxylation sites is 2. The fourth-order valence-electron chi connectivity index (χ4n) is 2.34. The molecule has 0 aromatic heterocycles. The lowest BCUT2D eigenvalue weighted by Crippen LogP contribution is -2.13. The summed E-state index contributed by atoms with van der Waals surface area (Å²) in [7, 11) is 0. The maximum atomic E-state index is 12.3. The highest BCUT2D eigenvalue weighted by molar-refractivity contribution is 5.99. The predicted molar refractivity (Wildman–Crippen MR) is 90.8 cm³/mol. The van der Waals surface area contributed by atoms with Gasteiger partial charge in [0.05, 0.1) is 6.42 Å². The molecule has 0 bridgehead atoms. The Labute approximate surface area is 131 Å². The summed E-state index contributed by atoms with van der Waals surface area (Å²) < 4.78 is 0. The van der Waals surface area contributed by atoms with E-state index in [0.717, 1.165) is 22.4 Å². The Morgan fingerprint density at radius 3 is 2.32 bits per heavy atom. The lowest BCUT2D eigenvalue weighted by atomic mass is 9.97. The van der Waals surface area contributed by atoms with Crippen molar-refractivity contribution < 1.29 is 9.90 Å². The summed E-state index contributed by atoms with van der Waals surface area (Å²) in [6, 6.07) is 14.8. The Hall–Kier alpha value is -2.55. The number of carbonyl (C=O) groups is 1. The molecule has 0 saturated carbocycles. The molecule has 2 rings (SSSR count). The Bertz CT molecular complexity index is 713. The smallest absolute Gasteiger partial charge is 0.228 e. The third-order valence-corrected chi connectivity index (χ3v) is 3.59. The van der Waals surface area contributed by atoms with Gasteiger partial charge in [-0.25, -0.2) is 0 Å². The topological polar surface area (TPSA) is 49.3 Å². The van der Waals surface area contributed by atoms with Crippen LogP contribution < -0.4 is 5.32 Å². The number of anilines is 1. The normalized spacial score (nSPS) is 10.1. The molecule has 0 aliphatic rings. The van der Waals surface area contributed by atoms with Crippen molar-refractivity contribution in [2.24, 2.45) is 0 Å². The van der Waals surface area contributed by atoms with Gasteiger partial charge in [-0.15, -0.1) is 0 Å². The van der Waals surface area contributed by atoms with E-state index in [9.17, 15) is 9.90 Å². The number of phenolic OH excluding ortho intramolecular Hbond substituents is 1. The summed E-state index contributed by atoms with van der Waals surface area (Å²) in [5, 5.41) is 12.9. The minimum absolute atomic E-state index is 0.0891. The molecule has 0 spiro atoms. The van der Waals surface area contributed by atoms with Gasteiger partial charge in [-0.05, 0) is 44.0 Å². The van der Waals surface area contributed by atoms with E-state index in [1.54, 1.807) is 12.1 Å². The van der Waals surface area contributed by atoms with Gasteiger partial charge in [0.25, 0.3) is 0 Å². The van der Waals surface area contributed by atoms with Crippen LogP contribution in [0.1, 0.15) is 31.4 Å². The molecule has 0 unspecified atom stereocenters. The number of rotatable bonds is 4. The molecule has 0 aliphatic heterocycles. The van der Waals surface area contributed by atoms with Crippen LogP contribution in [-0.2, 0) is 4.79 Å². The SMILES string of the molecule is CC(C)=C(CC(=O)Nc1ccccc1C)c1ccccc1O. The monoisotopic (exact) mass is 295 g/mol. The van der Waals surface area contributed by atoms with E-state index >= 15 is 0 Å². The van der Waals surface area contributed by atoms with Crippen LogP contribution in [0.25, 0.3) is 5.57 Å². The fraction of sp³-hybridized carbons (Fsp3) is 0.211. The fourth-order valence-corrected chi connectivity index (χ4v) is 2.34. The third-order valence-electron chi connectivity index (χ3n) is 3.59. The van der Waals surface area contributed by atoms with Crippen LogP contribution in [0.4, 0.5) is 5.69 Å². The number of amides is 1. The van der Waals surface area contributed by atoms with Crippen molar-refractivity contribution in [1.29, 1.82) is 0 Å². The van der Waals surface area contributed by atoms with Crippen molar-refractivity contribution in [3.63, 3.8) is 0 Å². The molecule has 3 heteroatoms. The van der Waals surface area contributed by atoms with Gasteiger partial charge in [0.15, 0.2) is 0 Å². The highest BCUT2D eigenvalue weighted by Crippen LogP contribution is 2.30. The average Bonchev–Trinajstić information content (AvgIpc) is 2.48. The summed E-state index contributed by atoms with van der Waals surface area (Å²) in [6.45, 7) is 5.85. The van der Waals surface area contributed by atoms with E-state index in [1.807, 2.05) is 57.2 Å². The maximum Gasteiger partial charge on any atom is 0.228 e. The minimum atomic E-state index is -0.0891. The quantitative estimate of drug-likeness (QED) is 0.871. The highest BCUT2D eigenvalue weighted by atomic mass is 16.3. The van der Waals surface area contributed by atoms with Crippen LogP contribution in [-0.4, -0.2) is 11.0 Å². The third kappa shape index (κ3) is 3.76. The van der Waals surface area contributed by atoms with Crippen LogP contribution in [0, 0.1) is 6.92 Å². The first-order valence-corrected chi connectivity index (χ1v) is 7.29. The number of hydrogen-bond acceptors (Lipinski definition) is 2. The molecule has 2 N–H and O–H groups in total. The van der Waals surface area contributed by atoms with Crippen molar-refractivity contribution in [3.05, 3.63) is 65.2 Å². The van der Waals surface area contributed by atoms with Crippen LogP contribution in [0.5, 0.6) is 5.75 Å². The van der Waals surface area contributed by atoms with E-state index in [0.29, 0.717) is 5.56 Å². The first-order valence-electron chi connectivity index (χ1n) is 7.29. The maximum absolute atomic E-state index is 12.3. The van der Waals surface area contributed by atoms with Gasteiger partial charge >= 0.3 is 0 Å². The van der Waals surface area contributed by atoms with Crippen LogP contribution >= 0.6 is 0 Å². The van der Waals surface area contributed by atoms with Gasteiger partial charge < -0.3 is 10.4 Å². The number of phenols is 1. The molecule has 0 aliphatic carbocycles. The molecule has 0 atom stereocenters. The van der Waals surface area contributed by atoms with E-state index in [2.05, 4.69) is 5.32 Å². The molecule has 0 radical (unpaired) electrons. The molecule has 1 amide bonds. The molecule has 0 heterocycles. The number of nitrogens with one attached hydrogen (secondary N) is 1. The molecule has 2 aromatic carbocycles. The first kappa shape index (κ1) is 15.8. The molecule has 22 heavy (non-hydrogen) atoms. The minimum Gasteiger partial charge on any atom is -0.507 e. The Morgan fingerprint density at radius 1 is 1.05 bits per heavy atom. The van der Waals surface area contributed by atoms with Crippen molar-refractivity contribution in [3.8, 4) is 5.75 Å². The zero-order chi connectivity index (χ0) is 16.1. The number of carbonyl (C=O) groups excluding carboxylic acids is 1. The van der Waals surface area contributed by atoms with Gasteiger partial charge in [0.2, 0.25) is 5.91 Å². The average molecular weight is 295 g/mol. The largest absolute Gasteiger partial charge is 0.507 e. The van der Waals surface area contributed by atoms with Crippen molar-refractivity contribution in [2.75, 3.05) is 5.32 Å². The molecule has 2 aromatic rings. The van der Waals surface area contributed by atoms with Crippen LogP contribution in [0.15, 0.2) is 54.1 Å². The summed E-state index contributed by atoms with van der Waals surface area (Å²) in [5.74, 6) is 0.108. The van der Waals surface area contributed by atoms with E-state index < -0.39 is 0 Å². The molecule has 3 nitrogen and oxygen atoms in total. The zero-order valence-electron chi connectivity index (χ0n) is 13.2. The van der Waals surface area contributed by atoms with Crippen molar-refractivity contribution in [2.45, 2.75) is 27.2 Å². The second-order valence-electron chi connectivity index (χ2n) is 5.54. The number of aryl methyl sites for hydroxylation is 1. The second-order valence-corrected chi connectivity index (χ2v) is 5.54. The van der Waals surface area contributed by atoms with Gasteiger partial charge in [0.1, 0.15) is 5.75 Å². The molecular formula is C19H21NO2. The van der Waals surface area contributed by atoms with Crippen molar-refractivity contribution >= 4 is 17.2 Å². The first-order chi connectivity index (χ1) is 10.5. The lowest BCUT2D eigenvalue weighted by molar-refractivity contribution is -0.115. The van der Waals surface area contributed by atoms with Crippen molar-refractivity contribution in [1.82, 2.24) is 0 Å². The predicted octanol–water partition coefficient (Wildman–Crippen LogP) is 4.52. The summed E-state index contributed by atoms with van der Waals surface area (Å²) in [5.41, 5.74) is 4.42. The Morgan fingerprint density at radius 2 is 1.68 bits per heavy atom. The van der Waals surface area contributed by atoms with Crippen LogP contribution in [0.2, 0.25) is 0 Å². The molecule has 0 saturated heterocycles. The van der Waals surface area contributed by atoms with E-state index in [-0.39, 0.29) is 18.1 Å². The van der Waals surface area contributed by atoms with Crippen LogP contribution in [0.3, 0.4) is 0 Å². The zero-order valence-corrected chi connectivity index (χ0v) is 13.2.